The summed E-state index contributed by atoms with van der Waals surface area (Å²) in [6.07, 6.45) is 1.95. The molecule has 5 nitrogen and oxygen atoms in total. The smallest absolute Gasteiger partial charge is 0.251 e. The van der Waals surface area contributed by atoms with Crippen molar-refractivity contribution in [1.82, 2.24) is 5.32 Å². The van der Waals surface area contributed by atoms with Crippen molar-refractivity contribution in [2.45, 2.75) is 26.3 Å². The third-order valence-corrected chi connectivity index (χ3v) is 5.39. The second-order valence-corrected chi connectivity index (χ2v) is 8.86. The fraction of sp³-hybridized carbons (Fsp3) is 0.350. The SMILES string of the molecule is CC(C)C[C@H](NC(=O)c1cccc(N(C)S(C)(=O)=O)c1)c1ccccc1. The van der Waals surface area contributed by atoms with Gasteiger partial charge in [0.2, 0.25) is 10.0 Å². The van der Waals surface area contributed by atoms with Crippen LogP contribution < -0.4 is 9.62 Å². The van der Waals surface area contributed by atoms with Gasteiger partial charge in [0.25, 0.3) is 5.91 Å². The first-order chi connectivity index (χ1) is 12.2. The number of hydrogen-bond acceptors (Lipinski definition) is 3. The van der Waals surface area contributed by atoms with Crippen LogP contribution in [0.3, 0.4) is 0 Å². The Labute approximate surface area is 156 Å². The summed E-state index contributed by atoms with van der Waals surface area (Å²) in [4.78, 5) is 12.8. The highest BCUT2D eigenvalue weighted by molar-refractivity contribution is 7.92. The second-order valence-electron chi connectivity index (χ2n) is 6.85. The first-order valence-electron chi connectivity index (χ1n) is 8.58. The predicted molar refractivity (Wildman–Crippen MR) is 106 cm³/mol. The van der Waals surface area contributed by atoms with E-state index < -0.39 is 10.0 Å². The first-order valence-corrected chi connectivity index (χ1v) is 10.4. The van der Waals surface area contributed by atoms with E-state index in [1.165, 1.54) is 7.05 Å². The highest BCUT2D eigenvalue weighted by Gasteiger charge is 2.18. The van der Waals surface area contributed by atoms with Crippen LogP contribution in [0.2, 0.25) is 0 Å². The minimum Gasteiger partial charge on any atom is -0.345 e. The van der Waals surface area contributed by atoms with Gasteiger partial charge in [0.15, 0.2) is 0 Å². The molecule has 0 aliphatic rings. The van der Waals surface area contributed by atoms with E-state index in [2.05, 4.69) is 19.2 Å². The number of carbonyl (C=O) groups excluding carboxylic acids is 1. The van der Waals surface area contributed by atoms with Gasteiger partial charge in [-0.1, -0.05) is 50.2 Å². The minimum absolute atomic E-state index is 0.0972. The van der Waals surface area contributed by atoms with E-state index in [4.69, 9.17) is 0 Å². The molecule has 1 amide bonds. The molecule has 2 rings (SSSR count). The van der Waals surface area contributed by atoms with Crippen LogP contribution in [0, 0.1) is 5.92 Å². The summed E-state index contributed by atoms with van der Waals surface area (Å²) < 4.78 is 24.6. The molecule has 0 saturated heterocycles. The largest absolute Gasteiger partial charge is 0.345 e. The van der Waals surface area contributed by atoms with Crippen LogP contribution >= 0.6 is 0 Å². The zero-order valence-corrected chi connectivity index (χ0v) is 16.5. The molecule has 0 fully saturated rings. The van der Waals surface area contributed by atoms with Crippen molar-refractivity contribution in [2.24, 2.45) is 5.92 Å². The maximum Gasteiger partial charge on any atom is 0.251 e. The third kappa shape index (κ3) is 5.33. The summed E-state index contributed by atoms with van der Waals surface area (Å²) in [7, 11) is -1.91. The van der Waals surface area contributed by atoms with Gasteiger partial charge in [-0.2, -0.15) is 0 Å². The van der Waals surface area contributed by atoms with Crippen molar-refractivity contribution in [2.75, 3.05) is 17.6 Å². The third-order valence-electron chi connectivity index (χ3n) is 4.18. The molecule has 0 aromatic heterocycles. The van der Waals surface area contributed by atoms with E-state index in [0.717, 1.165) is 22.5 Å². The number of nitrogens with zero attached hydrogens (tertiary/aromatic N) is 1. The lowest BCUT2D eigenvalue weighted by Gasteiger charge is -2.22. The first kappa shape index (κ1) is 20.0. The average molecular weight is 375 g/mol. The van der Waals surface area contributed by atoms with E-state index in [0.29, 0.717) is 17.2 Å². The van der Waals surface area contributed by atoms with Gasteiger partial charge >= 0.3 is 0 Å². The second kappa shape index (κ2) is 8.36. The Morgan fingerprint density at radius 1 is 1.08 bits per heavy atom. The Morgan fingerprint density at radius 2 is 1.73 bits per heavy atom. The van der Waals surface area contributed by atoms with Crippen molar-refractivity contribution in [3.05, 3.63) is 65.7 Å². The van der Waals surface area contributed by atoms with Gasteiger partial charge in [0, 0.05) is 12.6 Å². The minimum atomic E-state index is -3.38. The van der Waals surface area contributed by atoms with Gasteiger partial charge in [-0.15, -0.1) is 0 Å². The quantitative estimate of drug-likeness (QED) is 0.805. The molecule has 140 valence electrons. The van der Waals surface area contributed by atoms with Crippen molar-refractivity contribution in [1.29, 1.82) is 0 Å². The molecule has 26 heavy (non-hydrogen) atoms. The number of nitrogens with one attached hydrogen (secondary N) is 1. The number of benzene rings is 2. The van der Waals surface area contributed by atoms with Crippen molar-refractivity contribution in [3.8, 4) is 0 Å². The number of amides is 1. The van der Waals surface area contributed by atoms with Crippen molar-refractivity contribution >= 4 is 21.6 Å². The molecular formula is C20H26N2O3S. The van der Waals surface area contributed by atoms with Gasteiger partial charge in [0.05, 0.1) is 18.0 Å². The Balaban J connectivity index is 2.24. The Kier molecular flexibility index (Phi) is 6.42. The number of sulfonamides is 1. The molecule has 0 spiro atoms. The van der Waals surface area contributed by atoms with Gasteiger partial charge < -0.3 is 5.32 Å². The molecular weight excluding hydrogens is 348 g/mol. The molecule has 0 aliphatic heterocycles. The maximum absolute atomic E-state index is 12.8. The summed E-state index contributed by atoms with van der Waals surface area (Å²) in [6.45, 7) is 4.23. The van der Waals surface area contributed by atoms with Crippen molar-refractivity contribution < 1.29 is 13.2 Å². The normalized spacial score (nSPS) is 12.7. The van der Waals surface area contributed by atoms with Crippen LogP contribution in [0.25, 0.3) is 0 Å². The monoisotopic (exact) mass is 374 g/mol. The summed E-state index contributed by atoms with van der Waals surface area (Å²) in [5, 5.41) is 3.08. The van der Waals surface area contributed by atoms with Gasteiger partial charge in [0.1, 0.15) is 0 Å². The van der Waals surface area contributed by atoms with E-state index in [9.17, 15) is 13.2 Å². The number of rotatable bonds is 7. The molecule has 0 bridgehead atoms. The summed E-state index contributed by atoms with van der Waals surface area (Å²) in [5.74, 6) is 0.200. The molecule has 0 unspecified atom stereocenters. The summed E-state index contributed by atoms with van der Waals surface area (Å²) in [6, 6.07) is 16.4. The predicted octanol–water partition coefficient (Wildman–Crippen LogP) is 3.60. The van der Waals surface area contributed by atoms with Gasteiger partial charge in [-0.05, 0) is 36.1 Å². The molecule has 0 radical (unpaired) electrons. The molecule has 1 N–H and O–H groups in total. The van der Waals surface area contributed by atoms with Crippen LogP contribution in [0.4, 0.5) is 5.69 Å². The van der Waals surface area contributed by atoms with Crippen LogP contribution in [-0.4, -0.2) is 27.6 Å². The zero-order chi connectivity index (χ0) is 19.3. The number of carbonyl (C=O) groups is 1. The van der Waals surface area contributed by atoms with E-state index in [1.807, 2.05) is 30.3 Å². The molecule has 1 atom stereocenters. The van der Waals surface area contributed by atoms with Crippen LogP contribution in [-0.2, 0) is 10.0 Å². The van der Waals surface area contributed by atoms with Crippen LogP contribution in [0.5, 0.6) is 0 Å². The highest BCUT2D eigenvalue weighted by atomic mass is 32.2. The Morgan fingerprint density at radius 3 is 2.31 bits per heavy atom. The molecule has 0 heterocycles. The maximum atomic E-state index is 12.8. The lowest BCUT2D eigenvalue weighted by atomic mass is 9.96. The fourth-order valence-corrected chi connectivity index (χ4v) is 3.21. The molecule has 6 heteroatoms. The number of hydrogen-bond donors (Lipinski definition) is 1. The summed E-state index contributed by atoms with van der Waals surface area (Å²) >= 11 is 0. The highest BCUT2D eigenvalue weighted by Crippen LogP contribution is 2.23. The van der Waals surface area contributed by atoms with Crippen LogP contribution in [0.15, 0.2) is 54.6 Å². The van der Waals surface area contributed by atoms with Gasteiger partial charge in [-0.25, -0.2) is 8.42 Å². The van der Waals surface area contributed by atoms with E-state index in [1.54, 1.807) is 24.3 Å². The molecule has 2 aromatic carbocycles. The summed E-state index contributed by atoms with van der Waals surface area (Å²) in [5.41, 5.74) is 1.95. The van der Waals surface area contributed by atoms with Gasteiger partial charge in [-0.3, -0.25) is 9.10 Å². The molecule has 2 aromatic rings. The molecule has 0 saturated carbocycles. The van der Waals surface area contributed by atoms with Crippen LogP contribution in [0.1, 0.15) is 42.2 Å². The Hall–Kier alpha value is -2.34. The Bertz CT molecular complexity index is 848. The molecule has 0 aliphatic carbocycles. The lowest BCUT2D eigenvalue weighted by molar-refractivity contribution is 0.0932. The van der Waals surface area contributed by atoms with Crippen molar-refractivity contribution in [3.63, 3.8) is 0 Å². The number of anilines is 1. The zero-order valence-electron chi connectivity index (χ0n) is 15.6. The van der Waals surface area contributed by atoms with E-state index in [-0.39, 0.29) is 11.9 Å². The lowest BCUT2D eigenvalue weighted by Crippen LogP contribution is -2.30. The standard InChI is InChI=1S/C20H26N2O3S/c1-15(2)13-19(16-9-6-5-7-10-16)21-20(23)17-11-8-12-18(14-17)22(3)26(4,24)25/h5-12,14-15,19H,13H2,1-4H3,(H,21,23)/t19-/m0/s1. The topological polar surface area (TPSA) is 66.5 Å². The average Bonchev–Trinajstić information content (AvgIpc) is 2.60. The van der Waals surface area contributed by atoms with E-state index >= 15 is 0 Å². The fourth-order valence-electron chi connectivity index (χ4n) is 2.71.